The second-order valence-electron chi connectivity index (χ2n) is 16.3. The second kappa shape index (κ2) is 22.4. The van der Waals surface area contributed by atoms with E-state index in [4.69, 9.17) is 52.1 Å². The van der Waals surface area contributed by atoms with Crippen molar-refractivity contribution < 1.29 is 85.7 Å². The molecule has 19 heteroatoms. The monoisotopic (exact) mass is 933 g/mol. The highest BCUT2D eigenvalue weighted by atomic mass is 16.8. The number of ether oxygens (including phenoxy) is 11. The fourth-order valence-electron chi connectivity index (χ4n) is 8.38. The Morgan fingerprint density at radius 2 is 1.00 bits per heavy atom. The van der Waals surface area contributed by atoms with E-state index in [1.165, 1.54) is 20.8 Å². The van der Waals surface area contributed by atoms with Crippen molar-refractivity contribution in [3.63, 3.8) is 0 Å². The van der Waals surface area contributed by atoms with Gasteiger partial charge in [0.05, 0.1) is 18.3 Å². The zero-order chi connectivity index (χ0) is 48.5. The SMILES string of the molecule is CC(=O)O[C@@H]1[C@@H](OC(C)=O)[C@H](C)O[C@@H](O[C@H]2[C@H](O[C@H](C)[C@H](NC(=O)OCC3c4ccccc4-c4ccccc43)C(=O)OCc3ccccc3)O[C@@H](C)[C@H](OC(C)=O)[C@H]2OC(C)=O)[C@@H]1OC(C)=O. The van der Waals surface area contributed by atoms with Gasteiger partial charge in [-0.25, -0.2) is 9.59 Å². The van der Waals surface area contributed by atoms with Crippen molar-refractivity contribution in [2.24, 2.45) is 0 Å². The lowest BCUT2D eigenvalue weighted by Crippen LogP contribution is -2.66. The number of fused-ring (bicyclic) bond motifs is 3. The second-order valence-corrected chi connectivity index (χ2v) is 16.3. The summed E-state index contributed by atoms with van der Waals surface area (Å²) in [6.45, 7) is 9.65. The van der Waals surface area contributed by atoms with Crippen LogP contribution in [0.1, 0.15) is 78.0 Å². The lowest BCUT2D eigenvalue weighted by atomic mass is 9.96. The molecule has 67 heavy (non-hydrogen) atoms. The first-order valence-electron chi connectivity index (χ1n) is 21.7. The summed E-state index contributed by atoms with van der Waals surface area (Å²) >= 11 is 0. The largest absolute Gasteiger partial charge is 0.459 e. The number of carbonyl (C=O) groups excluding carboxylic acids is 7. The molecule has 360 valence electrons. The molecular formula is C48H55NO18. The minimum atomic E-state index is -1.71. The number of rotatable bonds is 16. The van der Waals surface area contributed by atoms with E-state index >= 15 is 0 Å². The molecule has 0 unspecified atom stereocenters. The predicted molar refractivity (Wildman–Crippen MR) is 230 cm³/mol. The van der Waals surface area contributed by atoms with Crippen LogP contribution < -0.4 is 5.32 Å². The first kappa shape index (κ1) is 50.0. The third-order valence-corrected chi connectivity index (χ3v) is 11.2. The maximum absolute atomic E-state index is 14.1. The molecule has 2 aliphatic heterocycles. The van der Waals surface area contributed by atoms with Crippen molar-refractivity contribution >= 4 is 41.9 Å². The molecule has 3 aromatic carbocycles. The Hall–Kier alpha value is -6.41. The lowest BCUT2D eigenvalue weighted by molar-refractivity contribution is -0.367. The van der Waals surface area contributed by atoms with Gasteiger partial charge in [0, 0.05) is 40.5 Å². The topological polar surface area (TPSA) is 233 Å². The summed E-state index contributed by atoms with van der Waals surface area (Å²) in [5.74, 6) is -5.34. The zero-order valence-electron chi connectivity index (χ0n) is 38.3. The first-order valence-corrected chi connectivity index (χ1v) is 21.7. The van der Waals surface area contributed by atoms with Crippen LogP contribution >= 0.6 is 0 Å². The van der Waals surface area contributed by atoms with Crippen LogP contribution in [0.15, 0.2) is 78.9 Å². The third kappa shape index (κ3) is 12.5. The molecule has 2 fully saturated rings. The van der Waals surface area contributed by atoms with E-state index < -0.39 is 115 Å². The third-order valence-electron chi connectivity index (χ3n) is 11.2. The van der Waals surface area contributed by atoms with Gasteiger partial charge >= 0.3 is 41.9 Å². The molecule has 1 amide bonds. The van der Waals surface area contributed by atoms with E-state index in [1.807, 2.05) is 48.5 Å². The molecule has 2 saturated heterocycles. The molecule has 1 N–H and O–H groups in total. The van der Waals surface area contributed by atoms with E-state index in [0.717, 1.165) is 56.9 Å². The quantitative estimate of drug-likeness (QED) is 0.153. The van der Waals surface area contributed by atoms with Crippen molar-refractivity contribution in [3.05, 3.63) is 95.6 Å². The van der Waals surface area contributed by atoms with Crippen LogP contribution in [0, 0.1) is 0 Å². The van der Waals surface area contributed by atoms with Gasteiger partial charge in [-0.3, -0.25) is 24.0 Å². The maximum Gasteiger partial charge on any atom is 0.407 e. The molecular weight excluding hydrogens is 879 g/mol. The van der Waals surface area contributed by atoms with Gasteiger partial charge in [-0.05, 0) is 48.6 Å². The molecule has 12 atom stereocenters. The fraction of sp³-hybridized carbons (Fsp3) is 0.479. The Kier molecular flexibility index (Phi) is 16.7. The molecule has 6 rings (SSSR count). The number of hydrogen-bond donors (Lipinski definition) is 1. The van der Waals surface area contributed by atoms with Crippen LogP contribution in [0.5, 0.6) is 0 Å². The van der Waals surface area contributed by atoms with Crippen LogP contribution in [-0.2, 0) is 87.5 Å². The number of carbonyl (C=O) groups is 7. The summed E-state index contributed by atoms with van der Waals surface area (Å²) in [7, 11) is 0. The minimum absolute atomic E-state index is 0.0857. The van der Waals surface area contributed by atoms with E-state index in [-0.39, 0.29) is 19.1 Å². The highest BCUT2D eigenvalue weighted by Gasteiger charge is 2.56. The van der Waals surface area contributed by atoms with Gasteiger partial charge in [-0.2, -0.15) is 0 Å². The molecule has 2 heterocycles. The number of hydrogen-bond acceptors (Lipinski definition) is 18. The molecule has 19 nitrogen and oxygen atoms in total. The first-order chi connectivity index (χ1) is 31.9. The Labute approximate surface area is 386 Å². The zero-order valence-corrected chi connectivity index (χ0v) is 38.3. The van der Waals surface area contributed by atoms with E-state index in [2.05, 4.69) is 5.32 Å². The van der Waals surface area contributed by atoms with Crippen LogP contribution in [0.2, 0.25) is 0 Å². The standard InChI is InChI=1S/C48H55NO18/c1-24(38(45(55)57-22-32-16-10-9-11-17-32)49-48(56)58-23-37-35-20-14-12-18-33(35)34-19-13-15-21-36(34)37)59-46-44(42(65-30(7)53)40(25(2)60-46)63-28(5)51)67-47-43(66-31(8)54)41(64-29(6)52)39(26(3)61-47)62-27(4)50/h9-21,24-26,37-44,46-47H,22-23H2,1-8H3,(H,49,56)/t24-,25+,26+,38+,39+,40+,41-,42-,43-,44-,46-,47+/m1/s1. The summed E-state index contributed by atoms with van der Waals surface area (Å²) in [5, 5.41) is 2.60. The predicted octanol–water partition coefficient (Wildman–Crippen LogP) is 4.58. The smallest absolute Gasteiger partial charge is 0.407 e. The van der Waals surface area contributed by atoms with Crippen LogP contribution in [0.3, 0.4) is 0 Å². The molecule has 0 radical (unpaired) electrons. The van der Waals surface area contributed by atoms with E-state index in [9.17, 15) is 33.6 Å². The van der Waals surface area contributed by atoms with Crippen LogP contribution in [0.4, 0.5) is 4.79 Å². The summed E-state index contributed by atoms with van der Waals surface area (Å²) < 4.78 is 64.7. The van der Waals surface area contributed by atoms with Crippen molar-refractivity contribution in [2.45, 2.75) is 141 Å². The van der Waals surface area contributed by atoms with Crippen molar-refractivity contribution in [3.8, 4) is 11.1 Å². The Morgan fingerprint density at radius 1 is 0.552 bits per heavy atom. The van der Waals surface area contributed by atoms with Gasteiger partial charge in [0.15, 0.2) is 55.2 Å². The Morgan fingerprint density at radius 3 is 1.52 bits per heavy atom. The Balaban J connectivity index is 1.31. The van der Waals surface area contributed by atoms with E-state index in [1.54, 1.807) is 30.3 Å². The molecule has 1 aliphatic carbocycles. The highest BCUT2D eigenvalue weighted by Crippen LogP contribution is 2.44. The van der Waals surface area contributed by atoms with E-state index in [0.29, 0.717) is 5.56 Å². The molecule has 3 aromatic rings. The summed E-state index contributed by atoms with van der Waals surface area (Å²) in [5.41, 5.74) is 4.59. The van der Waals surface area contributed by atoms with Gasteiger partial charge in [-0.15, -0.1) is 0 Å². The molecule has 3 aliphatic rings. The van der Waals surface area contributed by atoms with Gasteiger partial charge < -0.3 is 57.4 Å². The fourth-order valence-corrected chi connectivity index (χ4v) is 8.38. The van der Waals surface area contributed by atoms with Gasteiger partial charge in [0.25, 0.3) is 0 Å². The van der Waals surface area contributed by atoms with Gasteiger partial charge in [0.2, 0.25) is 0 Å². The number of amides is 1. The molecule has 0 aromatic heterocycles. The van der Waals surface area contributed by atoms with Gasteiger partial charge in [0.1, 0.15) is 13.2 Å². The Bertz CT molecular complexity index is 2220. The summed E-state index contributed by atoms with van der Waals surface area (Å²) in [4.78, 5) is 90.3. The normalized spacial score (nSPS) is 26.3. The number of nitrogens with one attached hydrogen (secondary N) is 1. The van der Waals surface area contributed by atoms with Gasteiger partial charge in [-0.1, -0.05) is 78.9 Å². The highest BCUT2D eigenvalue weighted by molar-refractivity contribution is 5.82. The van der Waals surface area contributed by atoms with Crippen molar-refractivity contribution in [1.82, 2.24) is 5.32 Å². The number of benzene rings is 3. The van der Waals surface area contributed by atoms with Crippen LogP contribution in [-0.4, -0.2) is 122 Å². The number of esters is 6. The minimum Gasteiger partial charge on any atom is -0.459 e. The molecule has 0 bridgehead atoms. The molecule has 0 spiro atoms. The average molecular weight is 934 g/mol. The summed E-state index contributed by atoms with van der Waals surface area (Å²) in [6.07, 6.45) is -16.9. The molecule has 0 saturated carbocycles. The van der Waals surface area contributed by atoms with Crippen molar-refractivity contribution in [1.29, 1.82) is 0 Å². The van der Waals surface area contributed by atoms with Crippen molar-refractivity contribution in [2.75, 3.05) is 6.61 Å². The maximum atomic E-state index is 14.1. The lowest BCUT2D eigenvalue weighted by Gasteiger charge is -2.48. The average Bonchev–Trinajstić information content (AvgIpc) is 3.59. The number of alkyl carbamates (subject to hydrolysis) is 1. The van der Waals surface area contributed by atoms with Crippen LogP contribution in [0.25, 0.3) is 11.1 Å². The summed E-state index contributed by atoms with van der Waals surface area (Å²) in [6, 6.07) is 22.8.